The first-order chi connectivity index (χ1) is 7.77. The molecule has 2 N–H and O–H groups in total. The van der Waals surface area contributed by atoms with E-state index in [0.717, 1.165) is 19.4 Å². The van der Waals surface area contributed by atoms with E-state index >= 15 is 0 Å². The molecule has 0 aliphatic carbocycles. The highest BCUT2D eigenvalue weighted by Gasteiger charge is 2.17. The Morgan fingerprint density at radius 1 is 1.50 bits per heavy atom. The topological polar surface area (TPSA) is 61.6 Å². The Morgan fingerprint density at radius 2 is 2.31 bits per heavy atom. The Hall–Kier alpha value is -1.55. The van der Waals surface area contributed by atoms with Crippen LogP contribution in [0.2, 0.25) is 0 Å². The lowest BCUT2D eigenvalue weighted by Gasteiger charge is -2.13. The third kappa shape index (κ3) is 2.52. The SMILES string of the molecule is NC(=O)c1ccccc1OC[C@H]1CCCO1. The molecule has 0 bridgehead atoms. The largest absolute Gasteiger partial charge is 0.490 e. The van der Waals surface area contributed by atoms with Crippen LogP contribution >= 0.6 is 0 Å². The summed E-state index contributed by atoms with van der Waals surface area (Å²) in [6, 6.07) is 6.98. The van der Waals surface area contributed by atoms with Crippen LogP contribution in [-0.4, -0.2) is 25.2 Å². The van der Waals surface area contributed by atoms with Crippen LogP contribution in [0.4, 0.5) is 0 Å². The third-order valence-electron chi connectivity index (χ3n) is 2.60. The van der Waals surface area contributed by atoms with Crippen molar-refractivity contribution >= 4 is 5.91 Å². The summed E-state index contributed by atoms with van der Waals surface area (Å²) in [5, 5.41) is 0. The summed E-state index contributed by atoms with van der Waals surface area (Å²) in [6.07, 6.45) is 2.23. The number of rotatable bonds is 4. The molecule has 1 heterocycles. The number of benzene rings is 1. The number of para-hydroxylation sites is 1. The summed E-state index contributed by atoms with van der Waals surface area (Å²) in [5.41, 5.74) is 5.67. The van der Waals surface area contributed by atoms with Gasteiger partial charge < -0.3 is 15.2 Å². The van der Waals surface area contributed by atoms with Crippen molar-refractivity contribution < 1.29 is 14.3 Å². The molecule has 86 valence electrons. The summed E-state index contributed by atoms with van der Waals surface area (Å²) in [7, 11) is 0. The standard InChI is InChI=1S/C12H15NO3/c13-12(14)10-5-1-2-6-11(10)16-8-9-4-3-7-15-9/h1-2,5-6,9H,3-4,7-8H2,(H2,13,14)/t9-/m1/s1. The van der Waals surface area contributed by atoms with Gasteiger partial charge >= 0.3 is 0 Å². The van der Waals surface area contributed by atoms with Crippen LogP contribution < -0.4 is 10.5 Å². The molecule has 1 aromatic rings. The minimum absolute atomic E-state index is 0.140. The van der Waals surface area contributed by atoms with Gasteiger partial charge in [0.25, 0.3) is 5.91 Å². The van der Waals surface area contributed by atoms with Gasteiger partial charge in [-0.1, -0.05) is 12.1 Å². The van der Waals surface area contributed by atoms with E-state index in [1.807, 2.05) is 6.07 Å². The van der Waals surface area contributed by atoms with Gasteiger partial charge in [-0.2, -0.15) is 0 Å². The molecule has 2 rings (SSSR count). The van der Waals surface area contributed by atoms with Crippen molar-refractivity contribution in [3.8, 4) is 5.75 Å². The van der Waals surface area contributed by atoms with E-state index in [1.54, 1.807) is 18.2 Å². The van der Waals surface area contributed by atoms with Crippen LogP contribution in [0.15, 0.2) is 24.3 Å². The normalized spacial score (nSPS) is 19.6. The monoisotopic (exact) mass is 221 g/mol. The minimum atomic E-state index is -0.469. The molecule has 0 radical (unpaired) electrons. The van der Waals surface area contributed by atoms with Crippen molar-refractivity contribution in [2.24, 2.45) is 5.73 Å². The molecular weight excluding hydrogens is 206 g/mol. The Morgan fingerprint density at radius 3 is 3.00 bits per heavy atom. The summed E-state index contributed by atoms with van der Waals surface area (Å²) >= 11 is 0. The van der Waals surface area contributed by atoms with Crippen LogP contribution in [0.5, 0.6) is 5.75 Å². The average molecular weight is 221 g/mol. The molecule has 1 aliphatic rings. The second kappa shape index (κ2) is 4.99. The second-order valence-electron chi connectivity index (χ2n) is 3.81. The molecule has 1 fully saturated rings. The van der Waals surface area contributed by atoms with Crippen molar-refractivity contribution in [2.45, 2.75) is 18.9 Å². The molecule has 0 unspecified atom stereocenters. The number of ether oxygens (including phenoxy) is 2. The van der Waals surface area contributed by atoms with E-state index in [1.165, 1.54) is 0 Å². The zero-order valence-corrected chi connectivity index (χ0v) is 9.02. The lowest BCUT2D eigenvalue weighted by molar-refractivity contribution is 0.0672. The van der Waals surface area contributed by atoms with Crippen molar-refractivity contribution in [3.63, 3.8) is 0 Å². The van der Waals surface area contributed by atoms with Gasteiger partial charge in [0, 0.05) is 6.61 Å². The lowest BCUT2D eigenvalue weighted by Crippen LogP contribution is -2.19. The summed E-state index contributed by atoms with van der Waals surface area (Å²) in [6.45, 7) is 1.27. The number of hydrogen-bond donors (Lipinski definition) is 1. The average Bonchev–Trinajstić information content (AvgIpc) is 2.79. The van der Waals surface area contributed by atoms with Gasteiger partial charge in [0.15, 0.2) is 0 Å². The maximum Gasteiger partial charge on any atom is 0.252 e. The first kappa shape index (κ1) is 11.0. The highest BCUT2D eigenvalue weighted by Crippen LogP contribution is 2.19. The number of carbonyl (C=O) groups excluding carboxylic acids is 1. The quantitative estimate of drug-likeness (QED) is 0.834. The van der Waals surface area contributed by atoms with Gasteiger partial charge in [0.2, 0.25) is 0 Å². The highest BCUT2D eigenvalue weighted by molar-refractivity contribution is 5.95. The lowest BCUT2D eigenvalue weighted by atomic mass is 10.2. The molecule has 1 amide bonds. The van der Waals surface area contributed by atoms with Crippen LogP contribution in [0.25, 0.3) is 0 Å². The number of nitrogens with two attached hydrogens (primary N) is 1. The van der Waals surface area contributed by atoms with E-state index in [0.29, 0.717) is 17.9 Å². The first-order valence-electron chi connectivity index (χ1n) is 5.40. The fraction of sp³-hybridized carbons (Fsp3) is 0.417. The van der Waals surface area contributed by atoms with Crippen LogP contribution in [0, 0.1) is 0 Å². The Kier molecular flexibility index (Phi) is 3.41. The molecule has 1 aliphatic heterocycles. The Balaban J connectivity index is 2.00. The summed E-state index contributed by atoms with van der Waals surface area (Å²) in [4.78, 5) is 11.1. The van der Waals surface area contributed by atoms with Crippen molar-refractivity contribution in [3.05, 3.63) is 29.8 Å². The van der Waals surface area contributed by atoms with Crippen LogP contribution in [0.1, 0.15) is 23.2 Å². The van der Waals surface area contributed by atoms with E-state index in [2.05, 4.69) is 0 Å². The molecule has 4 heteroatoms. The highest BCUT2D eigenvalue weighted by atomic mass is 16.5. The molecule has 1 aromatic carbocycles. The molecule has 0 saturated carbocycles. The van der Waals surface area contributed by atoms with Gasteiger partial charge in [0.1, 0.15) is 12.4 Å². The fourth-order valence-corrected chi connectivity index (χ4v) is 1.75. The third-order valence-corrected chi connectivity index (χ3v) is 2.60. The smallest absolute Gasteiger partial charge is 0.252 e. The van der Waals surface area contributed by atoms with Crippen molar-refractivity contribution in [1.29, 1.82) is 0 Å². The zero-order chi connectivity index (χ0) is 11.4. The molecule has 1 atom stereocenters. The molecule has 16 heavy (non-hydrogen) atoms. The van der Waals surface area contributed by atoms with E-state index < -0.39 is 5.91 Å². The van der Waals surface area contributed by atoms with Gasteiger partial charge in [-0.3, -0.25) is 4.79 Å². The predicted molar refractivity (Wildman–Crippen MR) is 59.4 cm³/mol. The molecular formula is C12H15NO3. The van der Waals surface area contributed by atoms with Crippen molar-refractivity contribution in [1.82, 2.24) is 0 Å². The predicted octanol–water partition coefficient (Wildman–Crippen LogP) is 1.34. The van der Waals surface area contributed by atoms with Gasteiger partial charge in [0.05, 0.1) is 11.7 Å². The molecule has 4 nitrogen and oxygen atoms in total. The van der Waals surface area contributed by atoms with Gasteiger partial charge in [-0.15, -0.1) is 0 Å². The Bertz CT molecular complexity index is 372. The van der Waals surface area contributed by atoms with Gasteiger partial charge in [-0.05, 0) is 25.0 Å². The fourth-order valence-electron chi connectivity index (χ4n) is 1.75. The molecule has 0 spiro atoms. The van der Waals surface area contributed by atoms with Crippen molar-refractivity contribution in [2.75, 3.05) is 13.2 Å². The number of amides is 1. The first-order valence-corrected chi connectivity index (χ1v) is 5.40. The van der Waals surface area contributed by atoms with Gasteiger partial charge in [-0.25, -0.2) is 0 Å². The maximum absolute atomic E-state index is 11.1. The van der Waals surface area contributed by atoms with Crippen LogP contribution in [0.3, 0.4) is 0 Å². The number of primary amides is 1. The molecule has 1 saturated heterocycles. The number of hydrogen-bond acceptors (Lipinski definition) is 3. The van der Waals surface area contributed by atoms with E-state index in [9.17, 15) is 4.79 Å². The summed E-state index contributed by atoms with van der Waals surface area (Å²) in [5.74, 6) is 0.0634. The van der Waals surface area contributed by atoms with E-state index in [4.69, 9.17) is 15.2 Å². The molecule has 0 aromatic heterocycles. The number of carbonyl (C=O) groups is 1. The van der Waals surface area contributed by atoms with E-state index in [-0.39, 0.29) is 6.10 Å². The maximum atomic E-state index is 11.1. The van der Waals surface area contributed by atoms with Crippen LogP contribution in [-0.2, 0) is 4.74 Å². The Labute approximate surface area is 94.3 Å². The second-order valence-corrected chi connectivity index (χ2v) is 3.81. The minimum Gasteiger partial charge on any atom is -0.490 e. The zero-order valence-electron chi connectivity index (χ0n) is 9.02. The summed E-state index contributed by atoms with van der Waals surface area (Å²) < 4.78 is 11.0.